The van der Waals surface area contributed by atoms with Gasteiger partial charge in [-0.2, -0.15) is 0 Å². The van der Waals surface area contributed by atoms with E-state index in [0.29, 0.717) is 0 Å². The van der Waals surface area contributed by atoms with Crippen molar-refractivity contribution >= 4 is 33.0 Å². The van der Waals surface area contributed by atoms with Crippen LogP contribution in [0.25, 0.3) is 0 Å². The van der Waals surface area contributed by atoms with Crippen molar-refractivity contribution in [2.24, 2.45) is 0 Å². The van der Waals surface area contributed by atoms with Crippen LogP contribution in [0.5, 0.6) is 0 Å². The van der Waals surface area contributed by atoms with E-state index in [1.165, 1.54) is 0 Å². The Bertz CT molecular complexity index is 3.25. The van der Waals surface area contributed by atoms with Gasteiger partial charge in [-0.05, 0) is 0 Å². The Morgan fingerprint density at radius 3 is 1.25 bits per heavy atom. The first kappa shape index (κ1) is 9.16. The zero-order valence-electron chi connectivity index (χ0n) is 1.72. The Hall–Kier alpha value is 1.63. The molecule has 0 saturated heterocycles. The molecule has 22 valence electrons. The van der Waals surface area contributed by atoms with Crippen LogP contribution in [0.1, 0.15) is 0 Å². The Labute approximate surface area is 51.4 Å². The van der Waals surface area contributed by atoms with Gasteiger partial charge in [0.1, 0.15) is 0 Å². The topological polar surface area (TPSA) is 0 Å². The fourth-order valence-electron chi connectivity index (χ4n) is 0. The van der Waals surface area contributed by atoms with Crippen LogP contribution in [-0.4, -0.2) is 0 Å². The second kappa shape index (κ2) is 22.9. The van der Waals surface area contributed by atoms with Gasteiger partial charge in [-0.25, -0.2) is 0 Å². The van der Waals surface area contributed by atoms with Crippen LogP contribution in [0.3, 0.4) is 0 Å². The first-order chi connectivity index (χ1) is 2.00. The van der Waals surface area contributed by atoms with Gasteiger partial charge in [0.25, 0.3) is 0 Å². The van der Waals surface area contributed by atoms with E-state index in [2.05, 4.69) is 33.0 Å². The molecule has 0 bridgehead atoms. The molecule has 0 N–H and O–H groups in total. The maximum absolute atomic E-state index is 4.08. The molecule has 0 aromatic rings. The second-order valence-electron chi connectivity index (χ2n) is 0. The number of hydrogen-bond donors (Lipinski definition) is 0. The Kier molecular flexibility index (Phi) is 52.5. The molecule has 0 radical (unpaired) electrons. The zero-order chi connectivity index (χ0) is 4.00. The molecule has 0 rings (SSSR count). The quantitative estimate of drug-likeness (QED) is 0.278. The van der Waals surface area contributed by atoms with Crippen molar-refractivity contribution < 1.29 is 18.6 Å². The van der Waals surface area contributed by atoms with Gasteiger partial charge >= 0.3 is 28.3 Å². The van der Waals surface area contributed by atoms with Crippen molar-refractivity contribution in [3.05, 3.63) is 0 Å². The molecule has 0 atom stereocenters. The molecule has 0 fully saturated rings. The van der Waals surface area contributed by atoms with Gasteiger partial charge in [0.05, 0.1) is 0 Å². The van der Waals surface area contributed by atoms with E-state index in [1.54, 1.807) is 18.6 Å². The molecule has 0 spiro atoms. The van der Waals surface area contributed by atoms with Crippen LogP contribution in [0.15, 0.2) is 0 Å². The zero-order valence-corrected chi connectivity index (χ0v) is 5.74. The van der Waals surface area contributed by atoms with Crippen molar-refractivity contribution in [3.63, 3.8) is 0 Å². The fourth-order valence-corrected chi connectivity index (χ4v) is 0. The summed E-state index contributed by atoms with van der Waals surface area (Å²) in [6.07, 6.45) is 0. The summed E-state index contributed by atoms with van der Waals surface area (Å²) in [7, 11) is 4.08. The first-order valence-corrected chi connectivity index (χ1v) is 4.02. The van der Waals surface area contributed by atoms with Gasteiger partial charge in [0.15, 0.2) is 0 Å². The van der Waals surface area contributed by atoms with E-state index in [1.807, 2.05) is 0 Å². The standard InChI is InChI=1S/S2.S.Ti/c1-2;;/q-2;;+2. The van der Waals surface area contributed by atoms with Crippen LogP contribution >= 0.6 is 9.70 Å². The summed E-state index contributed by atoms with van der Waals surface area (Å²) in [6, 6.07) is 0. The average molecular weight is 144 g/mol. The summed E-state index contributed by atoms with van der Waals surface area (Å²) in [5.74, 6) is 0. The SMILES string of the molecule is [S-][S-].[S]=[Ti+2]. The normalized spacial score (nSPS) is 3.00. The summed E-state index contributed by atoms with van der Waals surface area (Å²) in [5.41, 5.74) is 0. The van der Waals surface area contributed by atoms with Crippen molar-refractivity contribution in [3.8, 4) is 0 Å². The Morgan fingerprint density at radius 2 is 1.25 bits per heavy atom. The van der Waals surface area contributed by atoms with E-state index >= 15 is 0 Å². The molecule has 0 nitrogen and oxygen atoms in total. The van der Waals surface area contributed by atoms with E-state index < -0.39 is 0 Å². The minimum absolute atomic E-state index is 1.58. The monoisotopic (exact) mass is 144 g/mol. The predicted octanol–water partition coefficient (Wildman–Crippen LogP) is 0.641. The van der Waals surface area contributed by atoms with E-state index in [-0.39, 0.29) is 0 Å². The van der Waals surface area contributed by atoms with Crippen LogP contribution in [0.4, 0.5) is 0 Å². The van der Waals surface area contributed by atoms with Crippen LogP contribution in [-0.2, 0) is 41.9 Å². The minimum atomic E-state index is 1.58. The van der Waals surface area contributed by atoms with Crippen LogP contribution in [0.2, 0.25) is 0 Å². The molecule has 4 heavy (non-hydrogen) atoms. The molecule has 0 saturated carbocycles. The van der Waals surface area contributed by atoms with Crippen LogP contribution < -0.4 is 0 Å². The summed E-state index contributed by atoms with van der Waals surface area (Å²) >= 11 is 8.92. The maximum atomic E-state index is 4.08. The van der Waals surface area contributed by atoms with Gasteiger partial charge in [-0.15, -0.1) is 0 Å². The van der Waals surface area contributed by atoms with E-state index in [4.69, 9.17) is 0 Å². The number of rotatable bonds is 0. The molecule has 0 heterocycles. The van der Waals surface area contributed by atoms with Crippen molar-refractivity contribution in [2.45, 2.75) is 0 Å². The Morgan fingerprint density at radius 1 is 1.25 bits per heavy atom. The van der Waals surface area contributed by atoms with Gasteiger partial charge in [0.2, 0.25) is 0 Å². The summed E-state index contributed by atoms with van der Waals surface area (Å²) in [4.78, 5) is 0. The second-order valence-corrected chi connectivity index (χ2v) is 0. The summed E-state index contributed by atoms with van der Waals surface area (Å²) in [5, 5.41) is 0. The molecule has 0 amide bonds. The Balaban J connectivity index is 0. The molecule has 0 unspecified atom stereocenters. The predicted molar refractivity (Wildman–Crippen MR) is 22.3 cm³/mol. The van der Waals surface area contributed by atoms with Gasteiger partial charge in [-0.1, -0.05) is 0 Å². The molecule has 0 aromatic carbocycles. The molecular weight excluding hydrogens is 144 g/mol. The third kappa shape index (κ3) is 9.44. The molecule has 0 aliphatic heterocycles. The third-order valence-corrected chi connectivity index (χ3v) is 0. The third-order valence-electron chi connectivity index (χ3n) is 0. The van der Waals surface area contributed by atoms with Crippen LogP contribution in [0, 0.1) is 0 Å². The first-order valence-electron chi connectivity index (χ1n) is 0.371. The van der Waals surface area contributed by atoms with Crippen molar-refractivity contribution in [2.75, 3.05) is 0 Å². The van der Waals surface area contributed by atoms with Gasteiger partial charge < -0.3 is 23.3 Å². The average Bonchev–Trinajstić information content (AvgIpc) is 1.50. The number of hydrogen-bond acceptors (Lipinski definition) is 3. The summed E-state index contributed by atoms with van der Waals surface area (Å²) in [6.45, 7) is 0. The molecule has 0 aliphatic carbocycles. The summed E-state index contributed by atoms with van der Waals surface area (Å²) < 4.78 is 0. The van der Waals surface area contributed by atoms with E-state index in [9.17, 15) is 0 Å². The molecule has 0 aliphatic rings. The molecular formula is S3Ti. The van der Waals surface area contributed by atoms with Gasteiger partial charge in [-0.3, -0.25) is 0 Å². The molecule has 0 aromatic heterocycles. The molecule has 4 heteroatoms. The van der Waals surface area contributed by atoms with Gasteiger partial charge in [0, 0.05) is 0 Å². The van der Waals surface area contributed by atoms with Crippen molar-refractivity contribution in [1.82, 2.24) is 0 Å². The van der Waals surface area contributed by atoms with E-state index in [0.717, 1.165) is 0 Å². The fraction of sp³-hybridized carbons (Fsp3) is 0. The van der Waals surface area contributed by atoms with Crippen molar-refractivity contribution in [1.29, 1.82) is 0 Å².